The highest BCUT2D eigenvalue weighted by Crippen LogP contribution is 2.21. The molecule has 0 spiro atoms. The van der Waals surface area contributed by atoms with Crippen LogP contribution in [0.4, 0.5) is 15.9 Å². The number of aliphatic hydroxyl groups is 1. The van der Waals surface area contributed by atoms with Crippen molar-refractivity contribution in [2.45, 2.75) is 0 Å². The summed E-state index contributed by atoms with van der Waals surface area (Å²) in [6, 6.07) is 7.10. The molecule has 0 aliphatic carbocycles. The van der Waals surface area contributed by atoms with Gasteiger partial charge >= 0.3 is 0 Å². The molecule has 7 nitrogen and oxygen atoms in total. The Bertz CT molecular complexity index is 810. The van der Waals surface area contributed by atoms with Gasteiger partial charge in [-0.1, -0.05) is 11.5 Å². The average molecular weight is 333 g/mol. The Labute approximate surface area is 138 Å². The van der Waals surface area contributed by atoms with E-state index >= 15 is 0 Å². The highest BCUT2D eigenvalue weighted by molar-refractivity contribution is 6.32. The number of hydrogen-bond acceptors (Lipinski definition) is 5. The maximum absolute atomic E-state index is 14.0. The van der Waals surface area contributed by atoms with E-state index in [2.05, 4.69) is 10.8 Å². The second kappa shape index (κ2) is 7.76. The van der Waals surface area contributed by atoms with E-state index in [-0.39, 0.29) is 35.8 Å². The maximum Gasteiger partial charge on any atom is 0.278 e. The minimum atomic E-state index is -0.630. The lowest BCUT2D eigenvalue weighted by Gasteiger charge is -2.16. The van der Waals surface area contributed by atoms with Gasteiger partial charge in [0.15, 0.2) is 0 Å². The summed E-state index contributed by atoms with van der Waals surface area (Å²) in [6.07, 6.45) is 0. The van der Waals surface area contributed by atoms with Crippen LogP contribution in [0.15, 0.2) is 35.1 Å². The van der Waals surface area contributed by atoms with Crippen LogP contribution in [0.1, 0.15) is 10.4 Å². The Kier molecular flexibility index (Phi) is 5.72. The molecule has 3 N–H and O–H groups in total. The van der Waals surface area contributed by atoms with E-state index in [1.54, 1.807) is 13.9 Å². The molecule has 0 aliphatic heterocycles. The van der Waals surface area contributed by atoms with Crippen molar-refractivity contribution in [3.8, 4) is 0 Å². The van der Waals surface area contributed by atoms with Gasteiger partial charge < -0.3 is 10.4 Å². The molecule has 1 aromatic heterocycles. The quantitative estimate of drug-likeness (QED) is 0.365. The third kappa shape index (κ3) is 4.00. The van der Waals surface area contributed by atoms with Gasteiger partial charge in [-0.2, -0.15) is 0 Å². The van der Waals surface area contributed by atoms with Crippen LogP contribution in [-0.4, -0.2) is 36.6 Å². The van der Waals surface area contributed by atoms with Crippen molar-refractivity contribution in [1.29, 1.82) is 0 Å². The van der Waals surface area contributed by atoms with E-state index in [4.69, 9.17) is 9.94 Å². The smallest absolute Gasteiger partial charge is 0.278 e. The van der Waals surface area contributed by atoms with Crippen LogP contribution in [0, 0.1) is 5.82 Å². The summed E-state index contributed by atoms with van der Waals surface area (Å²) in [4.78, 5) is 28.8. The molecule has 0 radical (unpaired) electrons. The van der Waals surface area contributed by atoms with Crippen LogP contribution >= 0.6 is 0 Å². The van der Waals surface area contributed by atoms with E-state index in [0.717, 1.165) is 5.46 Å². The number of pyridine rings is 1. The highest BCUT2D eigenvalue weighted by Gasteiger charge is 2.16. The number of carbonyl (C=O) groups is 1. The molecule has 0 saturated carbocycles. The van der Waals surface area contributed by atoms with Crippen molar-refractivity contribution >= 4 is 30.7 Å². The van der Waals surface area contributed by atoms with Crippen LogP contribution in [-0.2, 0) is 11.9 Å². The number of aliphatic hydroxyl groups excluding tert-OH is 1. The zero-order chi connectivity index (χ0) is 17.7. The first-order valence-corrected chi connectivity index (χ1v) is 7.20. The van der Waals surface area contributed by atoms with Crippen molar-refractivity contribution in [3.63, 3.8) is 0 Å². The number of rotatable bonds is 6. The summed E-state index contributed by atoms with van der Waals surface area (Å²) < 4.78 is 15.2. The van der Waals surface area contributed by atoms with Crippen molar-refractivity contribution in [2.24, 2.45) is 7.05 Å². The van der Waals surface area contributed by atoms with Crippen LogP contribution in [0.2, 0.25) is 0 Å². The van der Waals surface area contributed by atoms with Gasteiger partial charge in [-0.25, -0.2) is 9.87 Å². The number of hydrogen-bond donors (Lipinski definition) is 3. The van der Waals surface area contributed by atoms with Gasteiger partial charge in [-0.3, -0.25) is 19.0 Å². The molecule has 9 heteroatoms. The zero-order valence-electron chi connectivity index (χ0n) is 13.3. The van der Waals surface area contributed by atoms with E-state index in [1.165, 1.54) is 35.9 Å². The van der Waals surface area contributed by atoms with E-state index < -0.39 is 11.7 Å². The van der Waals surface area contributed by atoms with Crippen molar-refractivity contribution in [2.75, 3.05) is 18.5 Å². The SMILES string of the molecule is Bc1ccc(Nc2c(C(=O)NOCCO)ccc(=O)n2C)c(F)c1. The van der Waals surface area contributed by atoms with Gasteiger partial charge in [-0.05, 0) is 18.2 Å². The lowest BCUT2D eigenvalue weighted by molar-refractivity contribution is 0.0168. The fourth-order valence-electron chi connectivity index (χ4n) is 2.04. The minimum absolute atomic E-state index is 0.0765. The molecular formula is C15H17BFN3O4. The van der Waals surface area contributed by atoms with Gasteiger partial charge in [0, 0.05) is 13.1 Å². The fraction of sp³-hybridized carbons (Fsp3) is 0.200. The molecule has 2 rings (SSSR count). The van der Waals surface area contributed by atoms with Gasteiger partial charge in [0.25, 0.3) is 11.5 Å². The molecule has 24 heavy (non-hydrogen) atoms. The number of carbonyl (C=O) groups excluding carboxylic acids is 1. The molecule has 1 aromatic carbocycles. The minimum Gasteiger partial charge on any atom is -0.394 e. The monoisotopic (exact) mass is 333 g/mol. The largest absolute Gasteiger partial charge is 0.394 e. The maximum atomic E-state index is 14.0. The summed E-state index contributed by atoms with van der Waals surface area (Å²) >= 11 is 0. The molecule has 1 amide bonds. The van der Waals surface area contributed by atoms with Crippen LogP contribution in [0.3, 0.4) is 0 Å². The van der Waals surface area contributed by atoms with Crippen LogP contribution in [0.5, 0.6) is 0 Å². The topological polar surface area (TPSA) is 92.6 Å². The Morgan fingerprint density at radius 2 is 2.12 bits per heavy atom. The highest BCUT2D eigenvalue weighted by atomic mass is 19.1. The molecule has 0 fully saturated rings. The summed E-state index contributed by atoms with van der Waals surface area (Å²) in [5.74, 6) is -1.02. The van der Waals surface area contributed by atoms with Gasteiger partial charge in [0.2, 0.25) is 0 Å². The normalized spacial score (nSPS) is 10.5. The second-order valence-electron chi connectivity index (χ2n) is 5.10. The third-order valence-electron chi connectivity index (χ3n) is 3.29. The number of benzene rings is 1. The van der Waals surface area contributed by atoms with Gasteiger partial charge in [-0.15, -0.1) is 0 Å². The number of hydroxylamine groups is 1. The summed E-state index contributed by atoms with van der Waals surface area (Å²) in [7, 11) is 3.21. The van der Waals surface area contributed by atoms with E-state index in [1.807, 2.05) is 0 Å². The summed E-state index contributed by atoms with van der Waals surface area (Å²) in [5.41, 5.74) is 2.76. The molecule has 0 unspecified atom stereocenters. The zero-order valence-corrected chi connectivity index (χ0v) is 13.3. The number of nitrogens with one attached hydrogen (secondary N) is 2. The first-order valence-electron chi connectivity index (χ1n) is 7.20. The fourth-order valence-corrected chi connectivity index (χ4v) is 2.04. The summed E-state index contributed by atoms with van der Waals surface area (Å²) in [5, 5.41) is 11.4. The molecule has 1 heterocycles. The molecule has 2 aromatic rings. The van der Waals surface area contributed by atoms with Crippen molar-refractivity contribution in [1.82, 2.24) is 10.0 Å². The first kappa shape index (κ1) is 17.7. The summed E-state index contributed by atoms with van der Waals surface area (Å²) in [6.45, 7) is -0.333. The first-order chi connectivity index (χ1) is 11.4. The average Bonchev–Trinajstić information content (AvgIpc) is 2.54. The number of aromatic nitrogens is 1. The van der Waals surface area contributed by atoms with Crippen LogP contribution < -0.4 is 21.8 Å². The second-order valence-corrected chi connectivity index (χ2v) is 5.10. The Balaban J connectivity index is 2.38. The van der Waals surface area contributed by atoms with Crippen LogP contribution in [0.25, 0.3) is 0 Å². The predicted octanol–water partition coefficient (Wildman–Crippen LogP) is -0.820. The molecule has 0 atom stereocenters. The number of amides is 1. The standard InChI is InChI=1S/C15H17BFN3O4/c1-20-13(22)5-3-10(15(23)19-24-7-6-21)14(20)18-12-4-2-9(16)8-11(12)17/h2-5,8,18,21H,6-7,16H2,1H3,(H,19,23). The van der Waals surface area contributed by atoms with E-state index in [9.17, 15) is 14.0 Å². The predicted molar refractivity (Wildman–Crippen MR) is 90.0 cm³/mol. The number of halogens is 1. The molecule has 126 valence electrons. The molecular weight excluding hydrogens is 316 g/mol. The molecule has 0 bridgehead atoms. The van der Waals surface area contributed by atoms with Crippen molar-refractivity contribution in [3.05, 3.63) is 52.1 Å². The number of anilines is 2. The Morgan fingerprint density at radius 1 is 1.38 bits per heavy atom. The number of nitrogens with zero attached hydrogens (tertiary/aromatic N) is 1. The van der Waals surface area contributed by atoms with Crippen molar-refractivity contribution < 1.29 is 19.1 Å². The Hall–Kier alpha value is -2.65. The third-order valence-corrected chi connectivity index (χ3v) is 3.29. The van der Waals surface area contributed by atoms with Gasteiger partial charge in [0.05, 0.1) is 24.5 Å². The molecule has 0 saturated heterocycles. The Morgan fingerprint density at radius 3 is 2.79 bits per heavy atom. The lowest BCUT2D eigenvalue weighted by atomic mass is 9.96. The van der Waals surface area contributed by atoms with Gasteiger partial charge in [0.1, 0.15) is 19.5 Å². The lowest BCUT2D eigenvalue weighted by Crippen LogP contribution is -2.29. The molecule has 0 aliphatic rings. The van der Waals surface area contributed by atoms with E-state index in [0.29, 0.717) is 0 Å².